The van der Waals surface area contributed by atoms with E-state index in [0.717, 1.165) is 5.56 Å². The van der Waals surface area contributed by atoms with E-state index in [2.05, 4.69) is 5.32 Å². The largest absolute Gasteiger partial charge is 0.467 e. The van der Waals surface area contributed by atoms with Crippen LogP contribution in [0.2, 0.25) is 5.02 Å². The van der Waals surface area contributed by atoms with Gasteiger partial charge >= 0.3 is 0 Å². The third kappa shape index (κ3) is 3.88. The number of benzene rings is 1. The van der Waals surface area contributed by atoms with Crippen molar-refractivity contribution in [2.24, 2.45) is 5.73 Å². The number of nitrogens with zero attached hydrogens (tertiary/aromatic N) is 1. The normalized spacial score (nSPS) is 12.4. The molecule has 1 aromatic carbocycles. The number of hydrogen-bond acceptors (Lipinski definition) is 4. The number of likely N-dealkylation sites (N-methyl/N-ethyl adjacent to an activating group) is 1. The van der Waals surface area contributed by atoms with Gasteiger partial charge in [0.1, 0.15) is 12.0 Å². The summed E-state index contributed by atoms with van der Waals surface area (Å²) < 4.78 is 5.18. The summed E-state index contributed by atoms with van der Waals surface area (Å²) in [6.45, 7) is 0.714. The van der Waals surface area contributed by atoms with E-state index < -0.39 is 0 Å². The van der Waals surface area contributed by atoms with E-state index in [1.807, 2.05) is 43.3 Å². The lowest BCUT2D eigenvalue weighted by atomic mass is 10.1. The molecule has 0 fully saturated rings. The molecule has 0 radical (unpaired) electrons. The van der Waals surface area contributed by atoms with Gasteiger partial charge in [-0.1, -0.05) is 29.8 Å². The number of carbonyl (C=O) groups excluding carboxylic acids is 1. The summed E-state index contributed by atoms with van der Waals surface area (Å²) in [7, 11) is 3.90. The Morgan fingerprint density at radius 1 is 1.41 bits per heavy atom. The zero-order chi connectivity index (χ0) is 16.1. The zero-order valence-electron chi connectivity index (χ0n) is 12.7. The number of carbonyl (C=O) groups is 1. The van der Waals surface area contributed by atoms with E-state index in [-0.39, 0.29) is 18.5 Å². The molecule has 0 bridgehead atoms. The standard InChI is InChI=1S/C16H20ClN3O2/c1-20(2)15(13-5-3-4-6-14(13)17)9-19-16(21)11-7-12(8-18)22-10-11/h3-7,10,15H,8-9,18H2,1-2H3,(H,19,21). The second-order valence-electron chi connectivity index (χ2n) is 5.22. The lowest BCUT2D eigenvalue weighted by molar-refractivity contribution is 0.0941. The quantitative estimate of drug-likeness (QED) is 0.857. The van der Waals surface area contributed by atoms with Gasteiger partial charge in [0.05, 0.1) is 18.2 Å². The van der Waals surface area contributed by atoms with Crippen LogP contribution in [0.15, 0.2) is 41.0 Å². The van der Waals surface area contributed by atoms with Crippen LogP contribution < -0.4 is 11.1 Å². The van der Waals surface area contributed by atoms with Crippen molar-refractivity contribution in [1.29, 1.82) is 0 Å². The van der Waals surface area contributed by atoms with Crippen molar-refractivity contribution in [3.63, 3.8) is 0 Å². The Bertz CT molecular complexity index is 640. The van der Waals surface area contributed by atoms with Crippen molar-refractivity contribution in [3.8, 4) is 0 Å². The fourth-order valence-corrected chi connectivity index (χ4v) is 2.48. The predicted octanol–water partition coefficient (Wildman–Crippen LogP) is 2.42. The van der Waals surface area contributed by atoms with Gasteiger partial charge in [-0.3, -0.25) is 4.79 Å². The van der Waals surface area contributed by atoms with Crippen molar-refractivity contribution < 1.29 is 9.21 Å². The molecule has 2 aromatic rings. The highest BCUT2D eigenvalue weighted by Crippen LogP contribution is 2.25. The molecule has 5 nitrogen and oxygen atoms in total. The molecule has 118 valence electrons. The second kappa shape index (κ2) is 7.45. The van der Waals surface area contributed by atoms with E-state index in [0.29, 0.717) is 22.9 Å². The Morgan fingerprint density at radius 3 is 2.73 bits per heavy atom. The highest BCUT2D eigenvalue weighted by Gasteiger charge is 2.18. The Hall–Kier alpha value is -1.82. The predicted molar refractivity (Wildman–Crippen MR) is 86.8 cm³/mol. The third-order valence-electron chi connectivity index (χ3n) is 3.46. The molecule has 1 amide bonds. The average Bonchev–Trinajstić information content (AvgIpc) is 2.97. The smallest absolute Gasteiger partial charge is 0.254 e. The number of nitrogens with two attached hydrogens (primary N) is 1. The average molecular weight is 322 g/mol. The highest BCUT2D eigenvalue weighted by atomic mass is 35.5. The number of rotatable bonds is 6. The summed E-state index contributed by atoms with van der Waals surface area (Å²) in [5, 5.41) is 3.59. The molecule has 0 saturated heterocycles. The van der Waals surface area contributed by atoms with Gasteiger partial charge in [-0.15, -0.1) is 0 Å². The Labute approximate surface area is 135 Å². The number of halogens is 1. The maximum Gasteiger partial charge on any atom is 0.254 e. The first-order chi connectivity index (χ1) is 10.5. The molecule has 6 heteroatoms. The fraction of sp³-hybridized carbons (Fsp3) is 0.312. The molecule has 0 spiro atoms. The maximum absolute atomic E-state index is 12.2. The summed E-state index contributed by atoms with van der Waals surface area (Å²) in [6.07, 6.45) is 1.41. The lowest BCUT2D eigenvalue weighted by Gasteiger charge is -2.25. The van der Waals surface area contributed by atoms with E-state index in [1.54, 1.807) is 6.07 Å². The van der Waals surface area contributed by atoms with Gasteiger partial charge in [0.2, 0.25) is 0 Å². The van der Waals surface area contributed by atoms with E-state index >= 15 is 0 Å². The zero-order valence-corrected chi connectivity index (χ0v) is 13.4. The SMILES string of the molecule is CN(C)C(CNC(=O)c1coc(CN)c1)c1ccccc1Cl. The summed E-state index contributed by atoms with van der Waals surface area (Å²) >= 11 is 6.25. The minimum atomic E-state index is -0.192. The molecule has 0 saturated carbocycles. The first-order valence-corrected chi connectivity index (χ1v) is 7.37. The van der Waals surface area contributed by atoms with Gasteiger partial charge in [0.25, 0.3) is 5.91 Å². The van der Waals surface area contributed by atoms with Gasteiger partial charge in [0, 0.05) is 11.6 Å². The van der Waals surface area contributed by atoms with Gasteiger partial charge < -0.3 is 20.4 Å². The number of hydrogen-bond donors (Lipinski definition) is 2. The second-order valence-corrected chi connectivity index (χ2v) is 5.62. The fourth-order valence-electron chi connectivity index (χ4n) is 2.21. The number of furan rings is 1. The van der Waals surface area contributed by atoms with Gasteiger partial charge in [0.15, 0.2) is 0 Å². The minimum Gasteiger partial charge on any atom is -0.467 e. The summed E-state index contributed by atoms with van der Waals surface area (Å²) in [5.74, 6) is 0.391. The third-order valence-corrected chi connectivity index (χ3v) is 3.80. The monoisotopic (exact) mass is 321 g/mol. The molecule has 1 atom stereocenters. The van der Waals surface area contributed by atoms with Crippen molar-refractivity contribution in [2.75, 3.05) is 20.6 Å². The van der Waals surface area contributed by atoms with Crippen LogP contribution >= 0.6 is 11.6 Å². The van der Waals surface area contributed by atoms with Crippen molar-refractivity contribution in [3.05, 3.63) is 58.5 Å². The molecule has 1 aromatic heterocycles. The van der Waals surface area contributed by atoms with Crippen LogP contribution in [0.5, 0.6) is 0 Å². The molecular formula is C16H20ClN3O2. The number of amides is 1. The molecule has 22 heavy (non-hydrogen) atoms. The number of nitrogens with one attached hydrogen (secondary N) is 1. The van der Waals surface area contributed by atoms with E-state index in [9.17, 15) is 4.79 Å². The highest BCUT2D eigenvalue weighted by molar-refractivity contribution is 6.31. The van der Waals surface area contributed by atoms with E-state index in [1.165, 1.54) is 6.26 Å². The molecule has 0 aliphatic rings. The van der Waals surface area contributed by atoms with Crippen LogP contribution in [-0.4, -0.2) is 31.4 Å². The summed E-state index contributed by atoms with van der Waals surface area (Å²) in [4.78, 5) is 14.2. The van der Waals surface area contributed by atoms with Crippen LogP contribution in [0.25, 0.3) is 0 Å². The topological polar surface area (TPSA) is 71.5 Å². The molecule has 0 aliphatic carbocycles. The van der Waals surface area contributed by atoms with Crippen LogP contribution in [0, 0.1) is 0 Å². The van der Waals surface area contributed by atoms with Crippen molar-refractivity contribution >= 4 is 17.5 Å². The molecule has 1 unspecified atom stereocenters. The Balaban J connectivity index is 2.06. The first-order valence-electron chi connectivity index (χ1n) is 6.99. The maximum atomic E-state index is 12.2. The molecule has 2 rings (SSSR count). The van der Waals surface area contributed by atoms with Crippen LogP contribution in [0.4, 0.5) is 0 Å². The van der Waals surface area contributed by atoms with Gasteiger partial charge in [-0.25, -0.2) is 0 Å². The minimum absolute atomic E-state index is 0.0153. The van der Waals surface area contributed by atoms with Crippen LogP contribution in [0.3, 0.4) is 0 Å². The lowest BCUT2D eigenvalue weighted by Crippen LogP contribution is -2.34. The summed E-state index contributed by atoms with van der Waals surface area (Å²) in [5.41, 5.74) is 6.92. The van der Waals surface area contributed by atoms with Crippen LogP contribution in [-0.2, 0) is 6.54 Å². The Morgan fingerprint density at radius 2 is 2.14 bits per heavy atom. The van der Waals surface area contributed by atoms with Gasteiger partial charge in [-0.2, -0.15) is 0 Å². The van der Waals surface area contributed by atoms with E-state index in [4.69, 9.17) is 21.8 Å². The van der Waals surface area contributed by atoms with Crippen LogP contribution in [0.1, 0.15) is 27.7 Å². The Kier molecular flexibility index (Phi) is 5.60. The molecular weight excluding hydrogens is 302 g/mol. The summed E-state index contributed by atoms with van der Waals surface area (Å²) in [6, 6.07) is 9.26. The van der Waals surface area contributed by atoms with Gasteiger partial charge in [-0.05, 0) is 31.8 Å². The van der Waals surface area contributed by atoms with Crippen molar-refractivity contribution in [1.82, 2.24) is 10.2 Å². The molecule has 0 aliphatic heterocycles. The first kappa shape index (κ1) is 16.5. The van der Waals surface area contributed by atoms with Crippen molar-refractivity contribution in [2.45, 2.75) is 12.6 Å². The molecule has 1 heterocycles. The molecule has 3 N–H and O–H groups in total.